The quantitative estimate of drug-likeness (QED) is 0.524. The molecular formula is C11H17F4N. The summed E-state index contributed by atoms with van der Waals surface area (Å²) in [6.07, 6.45) is -4.59. The third-order valence-corrected chi connectivity index (χ3v) is 1.32. The Balaban J connectivity index is 0. The molecule has 0 heterocycles. The predicted molar refractivity (Wildman–Crippen MR) is 58.5 cm³/mol. The standard InChI is InChI=1S/C7H5F4N.2C2H6/c8-4-1-2-6(12)5(3-4)7(9,10)11;2*1-2/h1-3H,12H2;2*1-2H3. The van der Waals surface area contributed by atoms with Crippen molar-refractivity contribution < 1.29 is 17.6 Å². The zero-order valence-corrected chi connectivity index (χ0v) is 9.82. The van der Waals surface area contributed by atoms with E-state index in [-0.39, 0.29) is 0 Å². The predicted octanol–water partition coefficient (Wildman–Crippen LogP) is 4.48. The maximum Gasteiger partial charge on any atom is 0.418 e. The van der Waals surface area contributed by atoms with Crippen LogP contribution in [0.3, 0.4) is 0 Å². The number of anilines is 1. The first-order chi connectivity index (χ1) is 7.41. The van der Waals surface area contributed by atoms with Gasteiger partial charge in [0.2, 0.25) is 0 Å². The molecule has 5 heteroatoms. The minimum atomic E-state index is -4.59. The zero-order chi connectivity index (χ0) is 13.4. The number of hydrogen-bond donors (Lipinski definition) is 1. The fraction of sp³-hybridized carbons (Fsp3) is 0.455. The molecular weight excluding hydrogens is 222 g/mol. The van der Waals surface area contributed by atoms with E-state index in [1.54, 1.807) is 0 Å². The van der Waals surface area contributed by atoms with Crippen molar-refractivity contribution in [2.45, 2.75) is 33.9 Å². The normalized spacial score (nSPS) is 9.50. The van der Waals surface area contributed by atoms with Crippen molar-refractivity contribution >= 4 is 5.69 Å². The van der Waals surface area contributed by atoms with E-state index in [4.69, 9.17) is 5.73 Å². The van der Waals surface area contributed by atoms with Crippen LogP contribution in [0.5, 0.6) is 0 Å². The van der Waals surface area contributed by atoms with Crippen molar-refractivity contribution in [1.29, 1.82) is 0 Å². The number of alkyl halides is 3. The van der Waals surface area contributed by atoms with Crippen LogP contribution in [0, 0.1) is 5.82 Å². The van der Waals surface area contributed by atoms with Gasteiger partial charge in [-0.25, -0.2) is 4.39 Å². The molecule has 0 spiro atoms. The Morgan fingerprint density at radius 2 is 1.44 bits per heavy atom. The maximum absolute atomic E-state index is 12.3. The van der Waals surface area contributed by atoms with Crippen LogP contribution in [0.15, 0.2) is 18.2 Å². The topological polar surface area (TPSA) is 26.0 Å². The van der Waals surface area contributed by atoms with Crippen molar-refractivity contribution in [3.05, 3.63) is 29.6 Å². The Bertz CT molecular complexity index is 295. The number of halogens is 4. The van der Waals surface area contributed by atoms with Crippen LogP contribution in [-0.4, -0.2) is 0 Å². The van der Waals surface area contributed by atoms with Crippen LogP contribution in [0.1, 0.15) is 33.3 Å². The van der Waals surface area contributed by atoms with Gasteiger partial charge in [-0.05, 0) is 18.2 Å². The lowest BCUT2D eigenvalue weighted by atomic mass is 10.2. The first kappa shape index (κ1) is 17.1. The Morgan fingerprint density at radius 1 is 1.00 bits per heavy atom. The van der Waals surface area contributed by atoms with E-state index in [0.717, 1.165) is 12.1 Å². The molecule has 1 rings (SSSR count). The first-order valence-electron chi connectivity index (χ1n) is 5.03. The van der Waals surface area contributed by atoms with Crippen LogP contribution in [0.4, 0.5) is 23.2 Å². The number of benzene rings is 1. The molecule has 0 saturated carbocycles. The molecule has 0 saturated heterocycles. The molecule has 0 bridgehead atoms. The Hall–Kier alpha value is -1.26. The molecule has 1 aromatic carbocycles. The maximum atomic E-state index is 12.3. The number of hydrogen-bond acceptors (Lipinski definition) is 1. The molecule has 0 aromatic heterocycles. The molecule has 0 amide bonds. The second-order valence-electron chi connectivity index (χ2n) is 2.23. The summed E-state index contributed by atoms with van der Waals surface area (Å²) in [4.78, 5) is 0. The monoisotopic (exact) mass is 239 g/mol. The lowest BCUT2D eigenvalue weighted by Crippen LogP contribution is -2.09. The van der Waals surface area contributed by atoms with Gasteiger partial charge in [0.05, 0.1) is 5.56 Å². The van der Waals surface area contributed by atoms with Crippen LogP contribution in [0.25, 0.3) is 0 Å². The molecule has 0 unspecified atom stereocenters. The largest absolute Gasteiger partial charge is 0.418 e. The highest BCUT2D eigenvalue weighted by molar-refractivity contribution is 5.48. The van der Waals surface area contributed by atoms with Gasteiger partial charge < -0.3 is 5.73 Å². The van der Waals surface area contributed by atoms with Gasteiger partial charge >= 0.3 is 6.18 Å². The van der Waals surface area contributed by atoms with E-state index in [0.29, 0.717) is 6.07 Å². The summed E-state index contributed by atoms with van der Waals surface area (Å²) in [7, 11) is 0. The van der Waals surface area contributed by atoms with E-state index < -0.39 is 23.2 Å². The second-order valence-corrected chi connectivity index (χ2v) is 2.23. The molecule has 0 aliphatic rings. The fourth-order valence-corrected chi connectivity index (χ4v) is 0.774. The molecule has 2 N–H and O–H groups in total. The summed E-state index contributed by atoms with van der Waals surface area (Å²) >= 11 is 0. The van der Waals surface area contributed by atoms with E-state index in [9.17, 15) is 17.6 Å². The van der Waals surface area contributed by atoms with Crippen molar-refractivity contribution in [2.24, 2.45) is 0 Å². The van der Waals surface area contributed by atoms with Crippen molar-refractivity contribution in [3.63, 3.8) is 0 Å². The summed E-state index contributed by atoms with van der Waals surface area (Å²) in [6.45, 7) is 8.00. The third kappa shape index (κ3) is 5.58. The van der Waals surface area contributed by atoms with E-state index in [1.165, 1.54) is 0 Å². The minimum Gasteiger partial charge on any atom is -0.398 e. The lowest BCUT2D eigenvalue weighted by molar-refractivity contribution is -0.137. The number of nitrogens with two attached hydrogens (primary N) is 1. The summed E-state index contributed by atoms with van der Waals surface area (Å²) in [5, 5.41) is 0. The summed E-state index contributed by atoms with van der Waals surface area (Å²) in [5.74, 6) is -0.948. The van der Waals surface area contributed by atoms with Gasteiger partial charge in [-0.2, -0.15) is 13.2 Å². The van der Waals surface area contributed by atoms with E-state index in [1.807, 2.05) is 27.7 Å². The lowest BCUT2D eigenvalue weighted by Gasteiger charge is -2.08. The number of rotatable bonds is 0. The Morgan fingerprint density at radius 3 is 1.75 bits per heavy atom. The average Bonchev–Trinajstić information content (AvgIpc) is 2.26. The molecule has 1 aromatic rings. The van der Waals surface area contributed by atoms with Crippen LogP contribution in [0.2, 0.25) is 0 Å². The Kier molecular flexibility index (Phi) is 8.53. The molecule has 0 atom stereocenters. The van der Waals surface area contributed by atoms with Crippen LogP contribution in [-0.2, 0) is 6.18 Å². The summed E-state index contributed by atoms with van der Waals surface area (Å²) < 4.78 is 48.3. The van der Waals surface area contributed by atoms with E-state index >= 15 is 0 Å². The molecule has 16 heavy (non-hydrogen) atoms. The molecule has 0 radical (unpaired) electrons. The van der Waals surface area contributed by atoms with Gasteiger partial charge in [0, 0.05) is 5.69 Å². The van der Waals surface area contributed by atoms with Gasteiger partial charge in [-0.15, -0.1) is 0 Å². The van der Waals surface area contributed by atoms with Gasteiger partial charge in [0.15, 0.2) is 0 Å². The van der Waals surface area contributed by atoms with Crippen molar-refractivity contribution in [2.75, 3.05) is 5.73 Å². The smallest absolute Gasteiger partial charge is 0.398 e. The highest BCUT2D eigenvalue weighted by Gasteiger charge is 2.33. The molecule has 0 aliphatic heterocycles. The second kappa shape index (κ2) is 7.96. The van der Waals surface area contributed by atoms with Crippen LogP contribution < -0.4 is 5.73 Å². The van der Waals surface area contributed by atoms with Gasteiger partial charge in [0.1, 0.15) is 5.82 Å². The number of nitrogen functional groups attached to an aromatic ring is 1. The first-order valence-corrected chi connectivity index (χ1v) is 5.03. The van der Waals surface area contributed by atoms with Crippen molar-refractivity contribution in [1.82, 2.24) is 0 Å². The summed E-state index contributed by atoms with van der Waals surface area (Å²) in [5.41, 5.74) is 3.38. The van der Waals surface area contributed by atoms with Crippen LogP contribution >= 0.6 is 0 Å². The molecule has 94 valence electrons. The zero-order valence-electron chi connectivity index (χ0n) is 9.82. The van der Waals surface area contributed by atoms with E-state index in [2.05, 4.69) is 0 Å². The molecule has 0 aliphatic carbocycles. The fourth-order valence-electron chi connectivity index (χ4n) is 0.774. The van der Waals surface area contributed by atoms with Gasteiger partial charge in [0.25, 0.3) is 0 Å². The molecule has 0 fully saturated rings. The van der Waals surface area contributed by atoms with Gasteiger partial charge in [-0.1, -0.05) is 27.7 Å². The summed E-state index contributed by atoms with van der Waals surface area (Å²) in [6, 6.07) is 2.14. The highest BCUT2D eigenvalue weighted by Crippen LogP contribution is 2.33. The minimum absolute atomic E-state index is 0.370. The molecule has 1 nitrogen and oxygen atoms in total. The SMILES string of the molecule is CC.CC.Nc1ccc(F)cc1C(F)(F)F. The van der Waals surface area contributed by atoms with Gasteiger partial charge in [-0.3, -0.25) is 0 Å². The van der Waals surface area contributed by atoms with Crippen molar-refractivity contribution in [3.8, 4) is 0 Å². The third-order valence-electron chi connectivity index (χ3n) is 1.32. The Labute approximate surface area is 93.3 Å². The average molecular weight is 239 g/mol. The highest BCUT2D eigenvalue weighted by atomic mass is 19.4.